The van der Waals surface area contributed by atoms with Crippen molar-refractivity contribution >= 4 is 21.6 Å². The number of alkyl halides is 3. The van der Waals surface area contributed by atoms with Gasteiger partial charge in [0.15, 0.2) is 9.84 Å². The van der Waals surface area contributed by atoms with Gasteiger partial charge in [0.2, 0.25) is 0 Å². The molecule has 9 heteroatoms. The highest BCUT2D eigenvalue weighted by Crippen LogP contribution is 2.37. The second-order valence-corrected chi connectivity index (χ2v) is 10.2. The summed E-state index contributed by atoms with van der Waals surface area (Å²) in [4.78, 5) is 16.2. The number of sulfone groups is 1. The van der Waals surface area contributed by atoms with Crippen molar-refractivity contribution in [2.75, 3.05) is 16.4 Å². The molecule has 2 aliphatic rings. The number of benzene rings is 2. The number of halogens is 3. The number of amides is 2. The zero-order valence-electron chi connectivity index (χ0n) is 16.5. The monoisotopic (exact) mass is 438 g/mol. The third-order valence-corrected chi connectivity index (χ3v) is 7.27. The highest BCUT2D eigenvalue weighted by molar-refractivity contribution is 7.91. The molecule has 4 rings (SSSR count). The van der Waals surface area contributed by atoms with Gasteiger partial charge in [-0.15, -0.1) is 0 Å². The maximum atomic E-state index is 13.3. The Hall–Kier alpha value is -2.55. The van der Waals surface area contributed by atoms with Crippen LogP contribution in [-0.2, 0) is 22.6 Å². The van der Waals surface area contributed by atoms with Crippen LogP contribution in [0.15, 0.2) is 42.5 Å². The van der Waals surface area contributed by atoms with Crippen LogP contribution in [0.25, 0.3) is 0 Å². The van der Waals surface area contributed by atoms with Gasteiger partial charge in [0.1, 0.15) is 0 Å². The molecule has 0 bridgehead atoms. The lowest BCUT2D eigenvalue weighted by molar-refractivity contribution is -0.137. The number of rotatable bonds is 3. The van der Waals surface area contributed by atoms with Crippen LogP contribution in [0, 0.1) is 13.8 Å². The Kier molecular flexibility index (Phi) is 4.84. The lowest BCUT2D eigenvalue weighted by atomic mass is 10.1. The summed E-state index contributed by atoms with van der Waals surface area (Å²) in [5, 5.41) is 0. The Morgan fingerprint density at radius 3 is 2.27 bits per heavy atom. The fourth-order valence-electron chi connectivity index (χ4n) is 4.40. The first-order chi connectivity index (χ1) is 13.9. The fraction of sp³-hybridized carbons (Fsp3) is 0.381. The molecule has 0 aliphatic carbocycles. The molecule has 2 saturated heterocycles. The molecular weight excluding hydrogens is 417 g/mol. The van der Waals surface area contributed by atoms with E-state index in [1.165, 1.54) is 21.9 Å². The molecule has 0 spiro atoms. The average Bonchev–Trinajstić information content (AvgIpc) is 3.04. The summed E-state index contributed by atoms with van der Waals surface area (Å²) in [6.07, 6.45) is -4.49. The zero-order chi connectivity index (χ0) is 21.8. The SMILES string of the molecule is Cc1cc(C)cc(N2C(=O)N(Cc3cccc(C(F)(F)F)c3)C3CS(=O)(=O)CC32)c1. The smallest absolute Gasteiger partial charge is 0.314 e. The second kappa shape index (κ2) is 7.01. The molecule has 2 amide bonds. The van der Waals surface area contributed by atoms with Gasteiger partial charge in [-0.05, 0) is 54.8 Å². The lowest BCUT2D eigenvalue weighted by Crippen LogP contribution is -2.37. The number of fused-ring (bicyclic) bond motifs is 1. The van der Waals surface area contributed by atoms with Crippen LogP contribution in [-0.4, -0.2) is 42.9 Å². The van der Waals surface area contributed by atoms with Crippen molar-refractivity contribution in [1.82, 2.24) is 4.90 Å². The van der Waals surface area contributed by atoms with Crippen LogP contribution in [0.4, 0.5) is 23.7 Å². The number of carbonyl (C=O) groups excluding carboxylic acids is 1. The molecule has 2 fully saturated rings. The van der Waals surface area contributed by atoms with Crippen LogP contribution < -0.4 is 4.90 Å². The minimum absolute atomic E-state index is 0.0826. The van der Waals surface area contributed by atoms with Crippen LogP contribution in [0.3, 0.4) is 0 Å². The number of urea groups is 1. The number of nitrogens with zero attached hydrogens (tertiary/aromatic N) is 2. The van der Waals surface area contributed by atoms with E-state index in [-0.39, 0.29) is 24.1 Å². The van der Waals surface area contributed by atoms with Crippen molar-refractivity contribution in [3.05, 3.63) is 64.7 Å². The normalized spacial score (nSPS) is 23.2. The van der Waals surface area contributed by atoms with Gasteiger partial charge >= 0.3 is 12.2 Å². The average molecular weight is 438 g/mol. The molecule has 2 aliphatic heterocycles. The Morgan fingerprint density at radius 1 is 1.00 bits per heavy atom. The Bertz CT molecular complexity index is 1090. The van der Waals surface area contributed by atoms with E-state index in [0.717, 1.165) is 23.3 Å². The molecule has 30 heavy (non-hydrogen) atoms. The molecule has 2 aromatic carbocycles. The summed E-state index contributed by atoms with van der Waals surface area (Å²) >= 11 is 0. The molecule has 5 nitrogen and oxygen atoms in total. The van der Waals surface area contributed by atoms with E-state index in [1.54, 1.807) is 0 Å². The first-order valence-electron chi connectivity index (χ1n) is 9.49. The predicted octanol–water partition coefficient (Wildman–Crippen LogP) is 3.93. The van der Waals surface area contributed by atoms with Crippen molar-refractivity contribution in [3.63, 3.8) is 0 Å². The third-order valence-electron chi connectivity index (χ3n) is 5.57. The van der Waals surface area contributed by atoms with Gasteiger partial charge in [0, 0.05) is 12.2 Å². The highest BCUT2D eigenvalue weighted by Gasteiger charge is 2.53. The van der Waals surface area contributed by atoms with E-state index in [9.17, 15) is 26.4 Å². The van der Waals surface area contributed by atoms with E-state index in [2.05, 4.69) is 0 Å². The number of hydrogen-bond donors (Lipinski definition) is 0. The van der Waals surface area contributed by atoms with E-state index in [0.29, 0.717) is 11.3 Å². The van der Waals surface area contributed by atoms with Crippen molar-refractivity contribution in [2.45, 2.75) is 38.7 Å². The molecule has 2 heterocycles. The van der Waals surface area contributed by atoms with Crippen LogP contribution >= 0.6 is 0 Å². The molecule has 2 atom stereocenters. The van der Waals surface area contributed by atoms with Crippen molar-refractivity contribution in [2.24, 2.45) is 0 Å². The first kappa shape index (κ1) is 20.7. The molecular formula is C21H21F3N2O3S. The third kappa shape index (κ3) is 3.78. The molecule has 0 saturated carbocycles. The van der Waals surface area contributed by atoms with Crippen molar-refractivity contribution in [3.8, 4) is 0 Å². The van der Waals surface area contributed by atoms with Crippen molar-refractivity contribution < 1.29 is 26.4 Å². The quantitative estimate of drug-likeness (QED) is 0.683. The predicted molar refractivity (Wildman–Crippen MR) is 107 cm³/mol. The number of anilines is 1. The summed E-state index contributed by atoms with van der Waals surface area (Å²) in [7, 11) is -3.36. The molecule has 0 radical (unpaired) electrons. The Morgan fingerprint density at radius 2 is 1.63 bits per heavy atom. The molecule has 160 valence electrons. The number of carbonyl (C=O) groups is 1. The largest absolute Gasteiger partial charge is 0.416 e. The summed E-state index contributed by atoms with van der Waals surface area (Å²) in [5.41, 5.74) is 1.99. The van der Waals surface area contributed by atoms with Crippen LogP contribution in [0.2, 0.25) is 0 Å². The zero-order valence-corrected chi connectivity index (χ0v) is 17.3. The molecule has 0 aromatic heterocycles. The lowest BCUT2D eigenvalue weighted by Gasteiger charge is -2.23. The van der Waals surface area contributed by atoms with Gasteiger partial charge in [0.25, 0.3) is 0 Å². The Balaban J connectivity index is 1.71. The summed E-state index contributed by atoms with van der Waals surface area (Å²) < 4.78 is 63.9. The van der Waals surface area contributed by atoms with E-state index in [4.69, 9.17) is 0 Å². The van der Waals surface area contributed by atoms with Crippen LogP contribution in [0.1, 0.15) is 22.3 Å². The number of aryl methyl sites for hydroxylation is 2. The summed E-state index contributed by atoms with van der Waals surface area (Å²) in [5.74, 6) is -0.348. The maximum Gasteiger partial charge on any atom is 0.416 e. The van der Waals surface area contributed by atoms with Crippen LogP contribution in [0.5, 0.6) is 0 Å². The first-order valence-corrected chi connectivity index (χ1v) is 11.3. The fourth-order valence-corrected chi connectivity index (χ4v) is 6.35. The Labute approximate surface area is 173 Å². The summed E-state index contributed by atoms with van der Waals surface area (Å²) in [6, 6.07) is 8.83. The minimum atomic E-state index is -4.49. The molecule has 2 aromatic rings. The minimum Gasteiger partial charge on any atom is -0.314 e. The topological polar surface area (TPSA) is 57.7 Å². The van der Waals surface area contributed by atoms with Gasteiger partial charge in [0.05, 0.1) is 29.2 Å². The summed E-state index contributed by atoms with van der Waals surface area (Å²) in [6.45, 7) is 3.70. The van der Waals surface area contributed by atoms with E-state index < -0.39 is 33.7 Å². The van der Waals surface area contributed by atoms with Gasteiger partial charge in [-0.3, -0.25) is 4.90 Å². The second-order valence-electron chi connectivity index (χ2n) is 8.04. The van der Waals surface area contributed by atoms with Gasteiger partial charge in [-0.2, -0.15) is 13.2 Å². The highest BCUT2D eigenvalue weighted by atomic mass is 32.2. The maximum absolute atomic E-state index is 13.3. The standard InChI is InChI=1S/C21H21F3N2O3S/c1-13-6-14(2)8-17(7-13)26-19-12-30(28,29)11-18(19)25(20(26)27)10-15-4-3-5-16(9-15)21(22,23)24/h3-9,18-19H,10-12H2,1-2H3. The van der Waals surface area contributed by atoms with E-state index >= 15 is 0 Å². The number of hydrogen-bond acceptors (Lipinski definition) is 3. The van der Waals surface area contributed by atoms with Gasteiger partial charge in [-0.1, -0.05) is 18.2 Å². The van der Waals surface area contributed by atoms with Gasteiger partial charge < -0.3 is 4.90 Å². The molecule has 0 N–H and O–H groups in total. The molecule has 2 unspecified atom stereocenters. The van der Waals surface area contributed by atoms with Gasteiger partial charge in [-0.25, -0.2) is 13.2 Å². The van der Waals surface area contributed by atoms with Crippen molar-refractivity contribution in [1.29, 1.82) is 0 Å². The van der Waals surface area contributed by atoms with E-state index in [1.807, 2.05) is 32.0 Å².